The van der Waals surface area contributed by atoms with E-state index in [0.717, 1.165) is 16.7 Å². The van der Waals surface area contributed by atoms with Crippen molar-refractivity contribution in [3.8, 4) is 0 Å². The number of hydrogen-bond donors (Lipinski definition) is 1. The highest BCUT2D eigenvalue weighted by molar-refractivity contribution is 6.18. The first kappa shape index (κ1) is 12.0. The molecule has 0 radical (unpaired) electrons. The van der Waals surface area contributed by atoms with Gasteiger partial charge in [0, 0.05) is 30.7 Å². The van der Waals surface area contributed by atoms with Crippen molar-refractivity contribution in [2.24, 2.45) is 0 Å². The summed E-state index contributed by atoms with van der Waals surface area (Å²) in [5, 5.41) is 3.89. The number of carbonyl (C=O) groups is 1. The van der Waals surface area contributed by atoms with Gasteiger partial charge in [-0.1, -0.05) is 18.2 Å². The van der Waals surface area contributed by atoms with E-state index in [-0.39, 0.29) is 5.91 Å². The van der Waals surface area contributed by atoms with Crippen molar-refractivity contribution < 1.29 is 9.21 Å². The molecule has 1 heterocycles. The molecular weight excluding hydrogens is 238 g/mol. The molecule has 0 aliphatic carbocycles. The van der Waals surface area contributed by atoms with Crippen molar-refractivity contribution in [3.05, 3.63) is 36.1 Å². The summed E-state index contributed by atoms with van der Waals surface area (Å²) in [4.78, 5) is 11.2. The van der Waals surface area contributed by atoms with Gasteiger partial charge in [-0.15, -0.1) is 11.6 Å². The molecule has 0 bridgehead atoms. The Balaban J connectivity index is 1.89. The molecule has 4 heteroatoms. The van der Waals surface area contributed by atoms with Gasteiger partial charge in [0.1, 0.15) is 11.3 Å². The van der Waals surface area contributed by atoms with E-state index in [9.17, 15) is 4.79 Å². The first-order valence-corrected chi connectivity index (χ1v) is 6.13. The van der Waals surface area contributed by atoms with Gasteiger partial charge in [-0.2, -0.15) is 0 Å². The zero-order valence-electron chi connectivity index (χ0n) is 9.41. The summed E-state index contributed by atoms with van der Waals surface area (Å²) in [7, 11) is 0. The summed E-state index contributed by atoms with van der Waals surface area (Å²) in [5.74, 6) is 1.23. The normalized spacial score (nSPS) is 10.6. The standard InChI is InChI=1S/C13H14ClNO2/c14-7-5-13(16)15-8-6-11-9-10-3-1-2-4-12(10)17-11/h1-4,9H,5-8H2,(H,15,16). The third-order valence-electron chi connectivity index (χ3n) is 2.49. The van der Waals surface area contributed by atoms with Crippen LogP contribution in [0.2, 0.25) is 0 Å². The Morgan fingerprint density at radius 1 is 1.35 bits per heavy atom. The van der Waals surface area contributed by atoms with E-state index in [4.69, 9.17) is 16.0 Å². The molecule has 1 aromatic carbocycles. The Morgan fingerprint density at radius 3 is 2.94 bits per heavy atom. The van der Waals surface area contributed by atoms with Crippen LogP contribution >= 0.6 is 11.6 Å². The maximum atomic E-state index is 11.2. The van der Waals surface area contributed by atoms with Gasteiger partial charge in [0.05, 0.1) is 0 Å². The lowest BCUT2D eigenvalue weighted by molar-refractivity contribution is -0.120. The van der Waals surface area contributed by atoms with E-state index < -0.39 is 0 Å². The second-order valence-corrected chi connectivity index (χ2v) is 4.17. The van der Waals surface area contributed by atoms with E-state index in [2.05, 4.69) is 5.32 Å². The van der Waals surface area contributed by atoms with Gasteiger partial charge in [-0.3, -0.25) is 4.79 Å². The highest BCUT2D eigenvalue weighted by Crippen LogP contribution is 2.18. The number of carbonyl (C=O) groups excluding carboxylic acids is 1. The summed E-state index contributed by atoms with van der Waals surface area (Å²) in [6, 6.07) is 9.87. The molecule has 0 saturated heterocycles. The smallest absolute Gasteiger partial charge is 0.221 e. The van der Waals surface area contributed by atoms with Crippen molar-refractivity contribution in [3.63, 3.8) is 0 Å². The zero-order valence-corrected chi connectivity index (χ0v) is 10.2. The number of alkyl halides is 1. The number of hydrogen-bond acceptors (Lipinski definition) is 2. The molecule has 90 valence electrons. The highest BCUT2D eigenvalue weighted by Gasteiger charge is 2.04. The topological polar surface area (TPSA) is 42.2 Å². The predicted octanol–water partition coefficient (Wildman–Crippen LogP) is 2.72. The third kappa shape index (κ3) is 3.24. The molecule has 0 aliphatic heterocycles. The van der Waals surface area contributed by atoms with Crippen LogP contribution in [0.4, 0.5) is 0 Å². The molecule has 2 rings (SSSR count). The fourth-order valence-corrected chi connectivity index (χ4v) is 1.83. The largest absolute Gasteiger partial charge is 0.461 e. The molecule has 1 aromatic heterocycles. The van der Waals surface area contributed by atoms with Crippen molar-refractivity contribution in [2.75, 3.05) is 12.4 Å². The van der Waals surface area contributed by atoms with E-state index >= 15 is 0 Å². The van der Waals surface area contributed by atoms with Gasteiger partial charge in [-0.25, -0.2) is 0 Å². The first-order chi connectivity index (χ1) is 8.29. The van der Waals surface area contributed by atoms with E-state index in [1.54, 1.807) is 0 Å². The lowest BCUT2D eigenvalue weighted by Crippen LogP contribution is -2.25. The van der Waals surface area contributed by atoms with Gasteiger partial charge >= 0.3 is 0 Å². The molecule has 0 unspecified atom stereocenters. The van der Waals surface area contributed by atoms with Crippen LogP contribution in [0.25, 0.3) is 11.0 Å². The molecule has 0 aliphatic rings. The lowest BCUT2D eigenvalue weighted by atomic mass is 10.2. The molecular formula is C13H14ClNO2. The van der Waals surface area contributed by atoms with Crippen molar-refractivity contribution >= 4 is 28.5 Å². The van der Waals surface area contributed by atoms with Crippen LogP contribution in [0, 0.1) is 0 Å². The summed E-state index contributed by atoms with van der Waals surface area (Å²) >= 11 is 5.47. The fourth-order valence-electron chi connectivity index (χ4n) is 1.66. The minimum Gasteiger partial charge on any atom is -0.461 e. The molecule has 0 atom stereocenters. The van der Waals surface area contributed by atoms with Crippen LogP contribution in [-0.2, 0) is 11.2 Å². The molecule has 1 N–H and O–H groups in total. The van der Waals surface area contributed by atoms with Crippen molar-refractivity contribution in [2.45, 2.75) is 12.8 Å². The van der Waals surface area contributed by atoms with Gasteiger partial charge in [0.25, 0.3) is 0 Å². The minimum absolute atomic E-state index is 0.0175. The summed E-state index contributed by atoms with van der Waals surface area (Å²) in [5.41, 5.74) is 0.884. The Kier molecular flexibility index (Phi) is 4.04. The zero-order chi connectivity index (χ0) is 12.1. The van der Waals surface area contributed by atoms with E-state index in [1.165, 1.54) is 0 Å². The Bertz CT molecular complexity index is 474. The number of para-hydroxylation sites is 1. The van der Waals surface area contributed by atoms with Crippen LogP contribution in [0.1, 0.15) is 12.2 Å². The lowest BCUT2D eigenvalue weighted by Gasteiger charge is -2.01. The second kappa shape index (κ2) is 5.73. The predicted molar refractivity (Wildman–Crippen MR) is 68.3 cm³/mol. The molecule has 0 spiro atoms. The SMILES string of the molecule is O=C(CCCl)NCCc1cc2ccccc2o1. The maximum absolute atomic E-state index is 11.2. The first-order valence-electron chi connectivity index (χ1n) is 5.59. The maximum Gasteiger partial charge on any atom is 0.221 e. The summed E-state index contributed by atoms with van der Waals surface area (Å²) in [6.45, 7) is 0.579. The highest BCUT2D eigenvalue weighted by atomic mass is 35.5. The van der Waals surface area contributed by atoms with Gasteiger partial charge in [0.2, 0.25) is 5.91 Å². The Labute approximate surface area is 105 Å². The number of benzene rings is 1. The van der Waals surface area contributed by atoms with Crippen LogP contribution < -0.4 is 5.32 Å². The average molecular weight is 252 g/mol. The van der Waals surface area contributed by atoms with Crippen molar-refractivity contribution in [1.82, 2.24) is 5.32 Å². The Hall–Kier alpha value is -1.48. The molecule has 0 fully saturated rings. The van der Waals surface area contributed by atoms with Gasteiger partial charge in [-0.05, 0) is 12.1 Å². The second-order valence-electron chi connectivity index (χ2n) is 3.79. The van der Waals surface area contributed by atoms with Crippen LogP contribution in [-0.4, -0.2) is 18.3 Å². The number of halogens is 1. The number of amides is 1. The van der Waals surface area contributed by atoms with Crippen LogP contribution in [0.15, 0.2) is 34.7 Å². The van der Waals surface area contributed by atoms with E-state index in [0.29, 0.717) is 25.3 Å². The quantitative estimate of drug-likeness (QED) is 0.831. The number of furan rings is 1. The minimum atomic E-state index is -0.0175. The third-order valence-corrected chi connectivity index (χ3v) is 2.68. The van der Waals surface area contributed by atoms with Crippen LogP contribution in [0.5, 0.6) is 0 Å². The number of fused-ring (bicyclic) bond motifs is 1. The molecule has 0 saturated carbocycles. The van der Waals surface area contributed by atoms with E-state index in [1.807, 2.05) is 30.3 Å². The number of rotatable bonds is 5. The average Bonchev–Trinajstić information content (AvgIpc) is 2.71. The monoisotopic (exact) mass is 251 g/mol. The summed E-state index contributed by atoms with van der Waals surface area (Å²) in [6.07, 6.45) is 1.06. The molecule has 3 nitrogen and oxygen atoms in total. The van der Waals surface area contributed by atoms with Crippen LogP contribution in [0.3, 0.4) is 0 Å². The van der Waals surface area contributed by atoms with Gasteiger partial charge < -0.3 is 9.73 Å². The fraction of sp³-hybridized carbons (Fsp3) is 0.308. The van der Waals surface area contributed by atoms with Gasteiger partial charge in [0.15, 0.2) is 0 Å². The Morgan fingerprint density at radius 2 is 2.18 bits per heavy atom. The number of nitrogens with one attached hydrogen (secondary N) is 1. The van der Waals surface area contributed by atoms with Crippen molar-refractivity contribution in [1.29, 1.82) is 0 Å². The molecule has 2 aromatic rings. The molecule has 1 amide bonds. The molecule has 17 heavy (non-hydrogen) atoms. The summed E-state index contributed by atoms with van der Waals surface area (Å²) < 4.78 is 5.63.